The van der Waals surface area contributed by atoms with Gasteiger partial charge in [0, 0.05) is 12.1 Å². The van der Waals surface area contributed by atoms with Crippen molar-refractivity contribution in [2.75, 3.05) is 11.9 Å². The zero-order valence-electron chi connectivity index (χ0n) is 10.1. The average molecular weight is 246 g/mol. The van der Waals surface area contributed by atoms with Crippen molar-refractivity contribution in [1.82, 2.24) is 4.90 Å². The molecule has 0 aromatic heterocycles. The first-order valence-electron chi connectivity index (χ1n) is 5.99. The van der Waals surface area contributed by atoms with Crippen LogP contribution in [0.4, 0.5) is 10.5 Å². The molecule has 5 heteroatoms. The fourth-order valence-electron chi connectivity index (χ4n) is 2.47. The summed E-state index contributed by atoms with van der Waals surface area (Å²) in [6, 6.07) is 6.93. The summed E-state index contributed by atoms with van der Waals surface area (Å²) in [6.45, 7) is 2.42. The van der Waals surface area contributed by atoms with Crippen molar-refractivity contribution in [2.24, 2.45) is 0 Å². The van der Waals surface area contributed by atoms with Gasteiger partial charge in [-0.3, -0.25) is 0 Å². The number of ether oxygens (including phenoxy) is 1. The molecule has 5 nitrogen and oxygen atoms in total. The van der Waals surface area contributed by atoms with Crippen LogP contribution in [0.25, 0.3) is 0 Å². The molecule has 2 atom stereocenters. The molecule has 2 aliphatic heterocycles. The maximum absolute atomic E-state index is 12.1. The quantitative estimate of drug-likeness (QED) is 0.764. The number of nitrogens with zero attached hydrogens (tertiary/aromatic N) is 1. The third-order valence-corrected chi connectivity index (χ3v) is 3.47. The molecule has 1 aromatic carbocycles. The predicted octanol–water partition coefficient (Wildman–Crippen LogP) is 1.53. The minimum absolute atomic E-state index is 0.120. The number of esters is 1. The number of anilines is 1. The number of benzene rings is 1. The molecule has 18 heavy (non-hydrogen) atoms. The predicted molar refractivity (Wildman–Crippen MR) is 65.2 cm³/mol. The van der Waals surface area contributed by atoms with Gasteiger partial charge in [-0.25, -0.2) is 9.59 Å². The van der Waals surface area contributed by atoms with Crippen LogP contribution in [0, 0.1) is 6.92 Å². The van der Waals surface area contributed by atoms with Crippen molar-refractivity contribution in [2.45, 2.75) is 25.5 Å². The van der Waals surface area contributed by atoms with E-state index in [0.717, 1.165) is 11.3 Å². The van der Waals surface area contributed by atoms with Crippen LogP contribution < -0.4 is 5.32 Å². The van der Waals surface area contributed by atoms with E-state index < -0.39 is 6.04 Å². The molecule has 1 N–H and O–H groups in total. The van der Waals surface area contributed by atoms with Gasteiger partial charge in [0.2, 0.25) is 0 Å². The second-order valence-electron chi connectivity index (χ2n) is 4.71. The number of likely N-dealkylation sites (tertiary alicyclic amines) is 1. The second-order valence-corrected chi connectivity index (χ2v) is 4.71. The molecular formula is C13H14N2O3. The number of fused-ring (bicyclic) bond motifs is 2. The van der Waals surface area contributed by atoms with Crippen LogP contribution in [-0.2, 0) is 9.53 Å². The Morgan fingerprint density at radius 3 is 2.89 bits per heavy atom. The second kappa shape index (κ2) is 4.01. The molecule has 2 aliphatic rings. The van der Waals surface area contributed by atoms with E-state index in [4.69, 9.17) is 4.74 Å². The highest BCUT2D eigenvalue weighted by atomic mass is 16.6. The summed E-state index contributed by atoms with van der Waals surface area (Å²) in [5, 5.41) is 2.84. The molecule has 2 amide bonds. The van der Waals surface area contributed by atoms with Crippen molar-refractivity contribution in [3.8, 4) is 0 Å². The topological polar surface area (TPSA) is 58.6 Å². The van der Waals surface area contributed by atoms with Crippen molar-refractivity contribution in [1.29, 1.82) is 0 Å². The normalized spacial score (nSPS) is 25.2. The summed E-state index contributed by atoms with van der Waals surface area (Å²) in [7, 11) is 0. The van der Waals surface area contributed by atoms with Crippen LogP contribution in [-0.4, -0.2) is 35.6 Å². The lowest BCUT2D eigenvalue weighted by atomic mass is 10.2. The Morgan fingerprint density at radius 2 is 2.22 bits per heavy atom. The first-order chi connectivity index (χ1) is 8.65. The smallest absolute Gasteiger partial charge is 0.329 e. The van der Waals surface area contributed by atoms with Gasteiger partial charge in [-0.15, -0.1) is 0 Å². The maximum Gasteiger partial charge on any atom is 0.329 e. The molecular weight excluding hydrogens is 232 g/mol. The molecule has 2 saturated heterocycles. The van der Waals surface area contributed by atoms with Gasteiger partial charge in [0.05, 0.1) is 6.54 Å². The SMILES string of the molecule is Cc1ccccc1NC(=O)N1C[C@@H]2C[C@H]1C(=O)O2. The molecule has 0 radical (unpaired) electrons. The van der Waals surface area contributed by atoms with E-state index in [1.807, 2.05) is 31.2 Å². The van der Waals surface area contributed by atoms with Crippen molar-refractivity contribution in [3.05, 3.63) is 29.8 Å². The van der Waals surface area contributed by atoms with E-state index in [0.29, 0.717) is 13.0 Å². The third kappa shape index (κ3) is 1.72. The Bertz CT molecular complexity index is 515. The van der Waals surface area contributed by atoms with Gasteiger partial charge in [-0.05, 0) is 18.6 Å². The fourth-order valence-corrected chi connectivity index (χ4v) is 2.47. The molecule has 0 spiro atoms. The number of rotatable bonds is 1. The van der Waals surface area contributed by atoms with E-state index in [9.17, 15) is 9.59 Å². The molecule has 94 valence electrons. The molecule has 2 fully saturated rings. The molecule has 0 aliphatic carbocycles. The number of urea groups is 1. The Balaban J connectivity index is 1.73. The van der Waals surface area contributed by atoms with Gasteiger partial charge in [0.15, 0.2) is 0 Å². The average Bonchev–Trinajstić information content (AvgIpc) is 2.90. The van der Waals surface area contributed by atoms with Crippen LogP contribution >= 0.6 is 0 Å². The number of para-hydroxylation sites is 1. The van der Waals surface area contributed by atoms with E-state index in [1.54, 1.807) is 4.90 Å². The van der Waals surface area contributed by atoms with E-state index >= 15 is 0 Å². The minimum atomic E-state index is -0.404. The monoisotopic (exact) mass is 246 g/mol. The van der Waals surface area contributed by atoms with Gasteiger partial charge in [-0.2, -0.15) is 0 Å². The van der Waals surface area contributed by atoms with Crippen molar-refractivity contribution in [3.63, 3.8) is 0 Å². The molecule has 0 unspecified atom stereocenters. The molecule has 1 aromatic rings. The van der Waals surface area contributed by atoms with Crippen LogP contribution in [0.1, 0.15) is 12.0 Å². The Hall–Kier alpha value is -2.04. The van der Waals surface area contributed by atoms with Crippen LogP contribution in [0.15, 0.2) is 24.3 Å². The highest BCUT2D eigenvalue weighted by Crippen LogP contribution is 2.29. The van der Waals surface area contributed by atoms with Crippen LogP contribution in [0.3, 0.4) is 0 Å². The largest absolute Gasteiger partial charge is 0.459 e. The maximum atomic E-state index is 12.1. The van der Waals surface area contributed by atoms with Gasteiger partial charge in [0.25, 0.3) is 0 Å². The van der Waals surface area contributed by atoms with Crippen LogP contribution in [0.5, 0.6) is 0 Å². The third-order valence-electron chi connectivity index (χ3n) is 3.47. The summed E-state index contributed by atoms with van der Waals surface area (Å²) in [5.74, 6) is -0.286. The van der Waals surface area contributed by atoms with Crippen molar-refractivity contribution >= 4 is 17.7 Å². The molecule has 2 bridgehead atoms. The summed E-state index contributed by atoms with van der Waals surface area (Å²) in [5.41, 5.74) is 1.77. The Kier molecular flexibility index (Phi) is 2.47. The number of aryl methyl sites for hydroxylation is 1. The van der Waals surface area contributed by atoms with E-state index in [1.165, 1.54) is 0 Å². The highest BCUT2D eigenvalue weighted by molar-refractivity contribution is 5.94. The highest BCUT2D eigenvalue weighted by Gasteiger charge is 2.48. The molecule has 0 saturated carbocycles. The van der Waals surface area contributed by atoms with Gasteiger partial charge in [-0.1, -0.05) is 18.2 Å². The lowest BCUT2D eigenvalue weighted by molar-refractivity contribution is -0.149. The Morgan fingerprint density at radius 1 is 1.44 bits per heavy atom. The number of hydrogen-bond acceptors (Lipinski definition) is 3. The number of carbonyl (C=O) groups excluding carboxylic acids is 2. The molecule has 3 rings (SSSR count). The number of amides is 2. The number of nitrogens with one attached hydrogen (secondary N) is 1. The van der Waals surface area contributed by atoms with Gasteiger partial charge < -0.3 is 15.0 Å². The fraction of sp³-hybridized carbons (Fsp3) is 0.385. The van der Waals surface area contributed by atoms with Gasteiger partial charge in [0.1, 0.15) is 12.1 Å². The number of carbonyl (C=O) groups is 2. The number of morpholine rings is 1. The standard InChI is InChI=1S/C13H14N2O3/c1-8-4-2-3-5-10(8)14-13(17)15-7-9-6-11(15)12(16)18-9/h2-5,9,11H,6-7H2,1H3,(H,14,17)/t9-,11-/m0/s1. The Labute approximate surface area is 105 Å². The molecule has 2 heterocycles. The van der Waals surface area contributed by atoms with Gasteiger partial charge >= 0.3 is 12.0 Å². The lowest BCUT2D eigenvalue weighted by Crippen LogP contribution is -2.46. The van der Waals surface area contributed by atoms with E-state index in [-0.39, 0.29) is 18.1 Å². The first-order valence-corrected chi connectivity index (χ1v) is 5.99. The summed E-state index contributed by atoms with van der Waals surface area (Å²) in [4.78, 5) is 25.1. The summed E-state index contributed by atoms with van der Waals surface area (Å²) < 4.78 is 5.05. The summed E-state index contributed by atoms with van der Waals surface area (Å²) in [6.07, 6.45) is 0.505. The zero-order valence-corrected chi connectivity index (χ0v) is 10.1. The zero-order chi connectivity index (χ0) is 12.7. The minimum Gasteiger partial charge on any atom is -0.459 e. The first kappa shape index (κ1) is 11.1. The lowest BCUT2D eigenvalue weighted by Gasteiger charge is -2.26. The van der Waals surface area contributed by atoms with Crippen LogP contribution in [0.2, 0.25) is 0 Å². The summed E-state index contributed by atoms with van der Waals surface area (Å²) >= 11 is 0. The van der Waals surface area contributed by atoms with E-state index in [2.05, 4.69) is 5.32 Å². The number of hydrogen-bond donors (Lipinski definition) is 1. The van der Waals surface area contributed by atoms with Crippen molar-refractivity contribution < 1.29 is 14.3 Å².